The molecule has 0 saturated heterocycles. The molecule has 0 spiro atoms. The molecule has 0 N–H and O–H groups in total. The Labute approximate surface area is 162 Å². The van der Waals surface area contributed by atoms with Crippen molar-refractivity contribution in [3.05, 3.63) is 89.0 Å². The average molecular weight is 370 g/mol. The molecule has 2 bridgehead atoms. The zero-order valence-corrected chi connectivity index (χ0v) is 15.1. The molecule has 4 nitrogen and oxygen atoms in total. The van der Waals surface area contributed by atoms with Crippen molar-refractivity contribution in [1.29, 1.82) is 0 Å². The third kappa shape index (κ3) is 2.21. The normalized spacial score (nSPS) is 23.4. The van der Waals surface area contributed by atoms with Crippen LogP contribution in [0.25, 0.3) is 0 Å². The van der Waals surface area contributed by atoms with Gasteiger partial charge in [0.25, 0.3) is 0 Å². The molecule has 138 valence electrons. The van der Waals surface area contributed by atoms with E-state index in [1.54, 1.807) is 0 Å². The fourth-order valence-electron chi connectivity index (χ4n) is 4.80. The number of carbonyl (C=O) groups is 1. The maximum atomic E-state index is 13.7. The second kappa shape index (κ2) is 5.86. The molecular formula is C24H18O4. The molecule has 3 atom stereocenters. The molecule has 2 aliphatic heterocycles. The Morgan fingerprint density at radius 2 is 1.50 bits per heavy atom. The lowest BCUT2D eigenvalue weighted by molar-refractivity contribution is 0.0878. The van der Waals surface area contributed by atoms with Crippen LogP contribution in [0.15, 0.2) is 66.7 Å². The summed E-state index contributed by atoms with van der Waals surface area (Å²) in [6.45, 7) is 0.213. The SMILES string of the molecule is O=C(c1ccccc1)[C@@H]1c2cc3c(cc2[C@@H]2C[C@H]1c1ccccc1O2)OCO3. The number of carbonyl (C=O) groups excluding carboxylic acids is 1. The van der Waals surface area contributed by atoms with Crippen molar-refractivity contribution in [3.8, 4) is 17.2 Å². The number of hydrogen-bond donors (Lipinski definition) is 0. The van der Waals surface area contributed by atoms with Crippen LogP contribution in [0, 0.1) is 0 Å². The van der Waals surface area contributed by atoms with E-state index in [1.807, 2.05) is 60.7 Å². The molecule has 0 fully saturated rings. The summed E-state index contributed by atoms with van der Waals surface area (Å²) in [6.07, 6.45) is 0.705. The Balaban J connectivity index is 1.57. The topological polar surface area (TPSA) is 44.8 Å². The van der Waals surface area contributed by atoms with E-state index in [1.165, 1.54) is 0 Å². The lowest BCUT2D eigenvalue weighted by Gasteiger charge is -2.42. The molecule has 2 heterocycles. The summed E-state index contributed by atoms with van der Waals surface area (Å²) in [5.74, 6) is 2.26. The molecule has 3 aromatic rings. The van der Waals surface area contributed by atoms with Gasteiger partial charge in [-0.25, -0.2) is 0 Å². The summed E-state index contributed by atoms with van der Waals surface area (Å²) in [7, 11) is 0. The molecule has 0 aromatic heterocycles. The third-order valence-corrected chi connectivity index (χ3v) is 6.06. The second-order valence-electron chi connectivity index (χ2n) is 7.53. The highest BCUT2D eigenvalue weighted by atomic mass is 16.7. The van der Waals surface area contributed by atoms with E-state index in [4.69, 9.17) is 14.2 Å². The minimum Gasteiger partial charge on any atom is -0.485 e. The minimum absolute atomic E-state index is 0.0792. The van der Waals surface area contributed by atoms with Crippen LogP contribution in [0.1, 0.15) is 51.4 Å². The molecule has 6 rings (SSSR count). The van der Waals surface area contributed by atoms with Crippen LogP contribution in [-0.4, -0.2) is 12.6 Å². The Morgan fingerprint density at radius 1 is 0.786 bits per heavy atom. The number of para-hydroxylation sites is 1. The van der Waals surface area contributed by atoms with Crippen molar-refractivity contribution in [2.45, 2.75) is 24.4 Å². The van der Waals surface area contributed by atoms with Crippen LogP contribution < -0.4 is 14.2 Å². The molecular weight excluding hydrogens is 352 g/mol. The van der Waals surface area contributed by atoms with Gasteiger partial charge < -0.3 is 14.2 Å². The monoisotopic (exact) mass is 370 g/mol. The van der Waals surface area contributed by atoms with Gasteiger partial charge in [0, 0.05) is 17.0 Å². The number of benzene rings is 3. The van der Waals surface area contributed by atoms with Gasteiger partial charge in [0.15, 0.2) is 17.3 Å². The van der Waals surface area contributed by atoms with E-state index >= 15 is 0 Å². The fourth-order valence-corrected chi connectivity index (χ4v) is 4.80. The van der Waals surface area contributed by atoms with Gasteiger partial charge >= 0.3 is 0 Å². The predicted octanol–water partition coefficient (Wildman–Crippen LogP) is 5.00. The predicted molar refractivity (Wildman–Crippen MR) is 103 cm³/mol. The standard InChI is InChI=1S/C24H18O4/c25-24(14-6-2-1-3-7-14)23-17-11-20(28-19-9-5-4-8-15(17)19)16-10-21-22(12-18(16)23)27-13-26-21/h1-10,12,17,20,23H,11,13H2/t17-,20-,23-/m0/s1. The van der Waals surface area contributed by atoms with E-state index in [0.717, 1.165) is 40.2 Å². The second-order valence-corrected chi connectivity index (χ2v) is 7.53. The van der Waals surface area contributed by atoms with Crippen LogP contribution in [0.2, 0.25) is 0 Å². The van der Waals surface area contributed by atoms with Crippen LogP contribution in [-0.2, 0) is 0 Å². The lowest BCUT2D eigenvalue weighted by Crippen LogP contribution is -2.33. The quantitative estimate of drug-likeness (QED) is 0.595. The molecule has 4 heteroatoms. The molecule has 0 amide bonds. The Hall–Kier alpha value is -3.27. The zero-order chi connectivity index (χ0) is 18.7. The highest BCUT2D eigenvalue weighted by Gasteiger charge is 2.45. The smallest absolute Gasteiger partial charge is 0.231 e. The lowest BCUT2D eigenvalue weighted by atomic mass is 9.67. The molecule has 0 radical (unpaired) electrons. The van der Waals surface area contributed by atoms with Crippen molar-refractivity contribution >= 4 is 5.78 Å². The molecule has 3 aliphatic rings. The van der Waals surface area contributed by atoms with Gasteiger partial charge in [0.05, 0.1) is 5.92 Å². The fraction of sp³-hybridized carbons (Fsp3) is 0.208. The minimum atomic E-state index is -0.270. The first-order valence-electron chi connectivity index (χ1n) is 9.58. The first-order chi connectivity index (χ1) is 13.8. The highest BCUT2D eigenvalue weighted by molar-refractivity contribution is 6.02. The summed E-state index contributed by atoms with van der Waals surface area (Å²) in [5.41, 5.74) is 3.87. The van der Waals surface area contributed by atoms with E-state index in [2.05, 4.69) is 6.07 Å². The van der Waals surface area contributed by atoms with Gasteiger partial charge in [-0.3, -0.25) is 4.79 Å². The number of ether oxygens (including phenoxy) is 3. The average Bonchev–Trinajstić information content (AvgIpc) is 3.21. The van der Waals surface area contributed by atoms with Crippen LogP contribution in [0.5, 0.6) is 17.2 Å². The van der Waals surface area contributed by atoms with Gasteiger partial charge in [0.2, 0.25) is 6.79 Å². The van der Waals surface area contributed by atoms with Crippen LogP contribution >= 0.6 is 0 Å². The van der Waals surface area contributed by atoms with Crippen molar-refractivity contribution in [3.63, 3.8) is 0 Å². The van der Waals surface area contributed by atoms with Crippen molar-refractivity contribution < 1.29 is 19.0 Å². The van der Waals surface area contributed by atoms with Gasteiger partial charge in [-0.05, 0) is 35.7 Å². The van der Waals surface area contributed by atoms with Gasteiger partial charge in [0.1, 0.15) is 11.9 Å². The Kier molecular flexibility index (Phi) is 3.30. The van der Waals surface area contributed by atoms with E-state index in [0.29, 0.717) is 5.75 Å². The molecule has 1 aliphatic carbocycles. The van der Waals surface area contributed by atoms with Crippen LogP contribution in [0.4, 0.5) is 0 Å². The van der Waals surface area contributed by atoms with Crippen molar-refractivity contribution in [1.82, 2.24) is 0 Å². The summed E-state index contributed by atoms with van der Waals surface area (Å²) in [4.78, 5) is 13.7. The van der Waals surface area contributed by atoms with Gasteiger partial charge in [-0.15, -0.1) is 0 Å². The first-order valence-corrected chi connectivity index (χ1v) is 9.58. The molecule has 3 aromatic carbocycles. The number of rotatable bonds is 2. The largest absolute Gasteiger partial charge is 0.485 e. The van der Waals surface area contributed by atoms with Gasteiger partial charge in [-0.2, -0.15) is 0 Å². The summed E-state index contributed by atoms with van der Waals surface area (Å²) in [5, 5.41) is 0. The maximum absolute atomic E-state index is 13.7. The summed E-state index contributed by atoms with van der Waals surface area (Å²) >= 11 is 0. The summed E-state index contributed by atoms with van der Waals surface area (Å²) < 4.78 is 17.5. The highest BCUT2D eigenvalue weighted by Crippen LogP contribution is 2.56. The number of fused-ring (bicyclic) bond motifs is 7. The third-order valence-electron chi connectivity index (χ3n) is 6.06. The summed E-state index contributed by atoms with van der Waals surface area (Å²) in [6, 6.07) is 21.6. The maximum Gasteiger partial charge on any atom is 0.231 e. The zero-order valence-electron chi connectivity index (χ0n) is 15.1. The van der Waals surface area contributed by atoms with E-state index in [9.17, 15) is 4.79 Å². The number of hydrogen-bond acceptors (Lipinski definition) is 4. The van der Waals surface area contributed by atoms with E-state index < -0.39 is 0 Å². The number of ketones is 1. The van der Waals surface area contributed by atoms with Crippen LogP contribution in [0.3, 0.4) is 0 Å². The molecule has 28 heavy (non-hydrogen) atoms. The Bertz CT molecular complexity index is 1090. The molecule has 0 unspecified atom stereocenters. The van der Waals surface area contributed by atoms with Gasteiger partial charge in [-0.1, -0.05) is 48.5 Å². The molecule has 0 saturated carbocycles. The van der Waals surface area contributed by atoms with Crippen molar-refractivity contribution in [2.75, 3.05) is 6.79 Å². The number of Topliss-reactive ketones (excluding diaryl/α,β-unsaturated/α-hetero) is 1. The van der Waals surface area contributed by atoms with E-state index in [-0.39, 0.29) is 30.5 Å². The Morgan fingerprint density at radius 3 is 2.32 bits per heavy atom. The van der Waals surface area contributed by atoms with Crippen molar-refractivity contribution in [2.24, 2.45) is 0 Å². The first kappa shape index (κ1) is 15.8.